The predicted molar refractivity (Wildman–Crippen MR) is 62.1 cm³/mol. The lowest BCUT2D eigenvalue weighted by Crippen LogP contribution is -2.44. The second kappa shape index (κ2) is 5.21. The fourth-order valence-corrected chi connectivity index (χ4v) is 2.58. The SMILES string of the molecule is FC(F)(CCN1CCNCC1)c1cccs1. The number of halogens is 2. The molecule has 0 radical (unpaired) electrons. The Balaban J connectivity index is 1.84. The van der Waals surface area contributed by atoms with E-state index in [2.05, 4.69) is 10.2 Å². The number of rotatable bonds is 4. The first kappa shape index (κ1) is 12.0. The Morgan fingerprint density at radius 3 is 2.75 bits per heavy atom. The lowest BCUT2D eigenvalue weighted by atomic mass is 10.2. The van der Waals surface area contributed by atoms with E-state index in [1.807, 2.05) is 0 Å². The highest BCUT2D eigenvalue weighted by Crippen LogP contribution is 2.34. The van der Waals surface area contributed by atoms with E-state index in [0.29, 0.717) is 6.54 Å². The minimum absolute atomic E-state index is 0.0759. The van der Waals surface area contributed by atoms with Crippen molar-refractivity contribution in [2.24, 2.45) is 0 Å². The summed E-state index contributed by atoms with van der Waals surface area (Å²) in [5.41, 5.74) is 0. The van der Waals surface area contributed by atoms with Crippen LogP contribution in [0.3, 0.4) is 0 Å². The summed E-state index contributed by atoms with van der Waals surface area (Å²) in [5, 5.41) is 4.91. The van der Waals surface area contributed by atoms with Crippen molar-refractivity contribution in [2.75, 3.05) is 32.7 Å². The van der Waals surface area contributed by atoms with Gasteiger partial charge in [-0.25, -0.2) is 8.78 Å². The molecule has 0 aromatic carbocycles. The normalized spacial score (nSPS) is 18.9. The average molecular weight is 246 g/mol. The highest BCUT2D eigenvalue weighted by Gasteiger charge is 2.32. The summed E-state index contributed by atoms with van der Waals surface area (Å²) in [4.78, 5) is 2.28. The Morgan fingerprint density at radius 2 is 2.12 bits per heavy atom. The summed E-state index contributed by atoms with van der Waals surface area (Å²) in [6, 6.07) is 3.20. The van der Waals surface area contributed by atoms with Gasteiger partial charge in [0.1, 0.15) is 0 Å². The van der Waals surface area contributed by atoms with Gasteiger partial charge < -0.3 is 10.2 Å². The van der Waals surface area contributed by atoms with Gasteiger partial charge in [-0.2, -0.15) is 0 Å². The van der Waals surface area contributed by atoms with Gasteiger partial charge in [0.15, 0.2) is 0 Å². The first-order valence-corrected chi connectivity index (χ1v) is 6.41. The van der Waals surface area contributed by atoms with Crippen molar-refractivity contribution in [1.29, 1.82) is 0 Å². The van der Waals surface area contributed by atoms with Gasteiger partial charge in [0.05, 0.1) is 4.88 Å². The molecule has 0 unspecified atom stereocenters. The Bertz CT molecular complexity index is 308. The van der Waals surface area contributed by atoms with Crippen LogP contribution in [-0.2, 0) is 5.92 Å². The third-order valence-electron chi connectivity index (χ3n) is 2.83. The number of hydrogen-bond acceptors (Lipinski definition) is 3. The maximum atomic E-state index is 13.7. The molecule has 2 rings (SSSR count). The molecule has 1 aliphatic rings. The topological polar surface area (TPSA) is 15.3 Å². The third-order valence-corrected chi connectivity index (χ3v) is 3.82. The van der Waals surface area contributed by atoms with Crippen molar-refractivity contribution in [1.82, 2.24) is 10.2 Å². The summed E-state index contributed by atoms with van der Waals surface area (Å²) in [5.74, 6) is -2.67. The molecule has 2 nitrogen and oxygen atoms in total. The van der Waals surface area contributed by atoms with Gasteiger partial charge in [-0.3, -0.25) is 0 Å². The number of piperazine rings is 1. The summed E-state index contributed by atoms with van der Waals surface area (Å²) in [6.45, 7) is 4.04. The molecule has 5 heteroatoms. The fourth-order valence-electron chi connectivity index (χ4n) is 1.84. The van der Waals surface area contributed by atoms with E-state index < -0.39 is 5.92 Å². The zero-order valence-electron chi connectivity index (χ0n) is 9.09. The summed E-state index contributed by atoms with van der Waals surface area (Å²) >= 11 is 1.14. The van der Waals surface area contributed by atoms with Crippen molar-refractivity contribution in [3.8, 4) is 0 Å². The lowest BCUT2D eigenvalue weighted by Gasteiger charge is -2.28. The van der Waals surface area contributed by atoms with E-state index >= 15 is 0 Å². The molecule has 0 atom stereocenters. The largest absolute Gasteiger partial charge is 0.314 e. The van der Waals surface area contributed by atoms with Crippen LogP contribution in [0.1, 0.15) is 11.3 Å². The van der Waals surface area contributed by atoms with Crippen LogP contribution < -0.4 is 5.32 Å². The highest BCUT2D eigenvalue weighted by molar-refractivity contribution is 7.10. The van der Waals surface area contributed by atoms with Crippen LogP contribution in [0.2, 0.25) is 0 Å². The molecule has 0 aliphatic carbocycles. The van der Waals surface area contributed by atoms with E-state index in [4.69, 9.17) is 0 Å². The summed E-state index contributed by atoms with van der Waals surface area (Å²) < 4.78 is 27.4. The highest BCUT2D eigenvalue weighted by atomic mass is 32.1. The third kappa shape index (κ3) is 2.99. The zero-order valence-corrected chi connectivity index (χ0v) is 9.90. The van der Waals surface area contributed by atoms with E-state index in [1.165, 1.54) is 6.07 Å². The minimum Gasteiger partial charge on any atom is -0.314 e. The fraction of sp³-hybridized carbons (Fsp3) is 0.636. The van der Waals surface area contributed by atoms with Crippen LogP contribution in [0.25, 0.3) is 0 Å². The number of nitrogens with one attached hydrogen (secondary N) is 1. The molecule has 1 fully saturated rings. The molecule has 1 aliphatic heterocycles. The Kier molecular flexibility index (Phi) is 3.89. The zero-order chi connectivity index (χ0) is 11.4. The molecule has 1 saturated heterocycles. The molecule has 1 aromatic rings. The molecule has 0 saturated carbocycles. The van der Waals surface area contributed by atoms with Crippen molar-refractivity contribution >= 4 is 11.3 Å². The van der Waals surface area contributed by atoms with Gasteiger partial charge in [0.25, 0.3) is 5.92 Å². The quantitative estimate of drug-likeness (QED) is 0.875. The van der Waals surface area contributed by atoms with Crippen LogP contribution in [0, 0.1) is 0 Å². The van der Waals surface area contributed by atoms with Gasteiger partial charge in [-0.05, 0) is 11.4 Å². The molecule has 1 aromatic heterocycles. The van der Waals surface area contributed by atoms with Crippen molar-refractivity contribution < 1.29 is 8.78 Å². The monoisotopic (exact) mass is 246 g/mol. The van der Waals surface area contributed by atoms with Gasteiger partial charge in [-0.15, -0.1) is 11.3 Å². The molecule has 90 valence electrons. The average Bonchev–Trinajstić information content (AvgIpc) is 2.82. The van der Waals surface area contributed by atoms with Crippen molar-refractivity contribution in [3.05, 3.63) is 22.4 Å². The second-order valence-electron chi connectivity index (χ2n) is 4.02. The van der Waals surface area contributed by atoms with E-state index in [1.54, 1.807) is 11.4 Å². The van der Waals surface area contributed by atoms with Gasteiger partial charge in [-0.1, -0.05) is 6.07 Å². The summed E-state index contributed by atoms with van der Waals surface area (Å²) in [7, 11) is 0. The lowest BCUT2D eigenvalue weighted by molar-refractivity contribution is -0.0190. The number of hydrogen-bond donors (Lipinski definition) is 1. The molecule has 0 spiro atoms. The number of alkyl halides is 2. The molecular weight excluding hydrogens is 230 g/mol. The van der Waals surface area contributed by atoms with Crippen LogP contribution in [0.5, 0.6) is 0 Å². The molecular formula is C11H16F2N2S. The smallest absolute Gasteiger partial charge is 0.283 e. The minimum atomic E-state index is -2.67. The van der Waals surface area contributed by atoms with Gasteiger partial charge in [0.2, 0.25) is 0 Å². The first-order valence-electron chi connectivity index (χ1n) is 5.53. The van der Waals surface area contributed by atoms with E-state index in [-0.39, 0.29) is 11.3 Å². The number of nitrogens with zero attached hydrogens (tertiary/aromatic N) is 1. The van der Waals surface area contributed by atoms with Gasteiger partial charge in [0, 0.05) is 39.1 Å². The van der Waals surface area contributed by atoms with Crippen molar-refractivity contribution in [3.63, 3.8) is 0 Å². The first-order chi connectivity index (χ1) is 7.68. The van der Waals surface area contributed by atoms with E-state index in [9.17, 15) is 8.78 Å². The van der Waals surface area contributed by atoms with Crippen LogP contribution in [-0.4, -0.2) is 37.6 Å². The Labute approximate surface area is 98.3 Å². The molecule has 0 bridgehead atoms. The molecule has 1 N–H and O–H groups in total. The van der Waals surface area contributed by atoms with Crippen LogP contribution in [0.4, 0.5) is 8.78 Å². The Hall–Kier alpha value is -0.520. The predicted octanol–water partition coefficient (Wildman–Crippen LogP) is 2.14. The molecule has 0 amide bonds. The van der Waals surface area contributed by atoms with Crippen LogP contribution >= 0.6 is 11.3 Å². The maximum Gasteiger partial charge on any atom is 0.283 e. The molecule has 2 heterocycles. The number of thiophene rings is 1. The van der Waals surface area contributed by atoms with Gasteiger partial charge >= 0.3 is 0 Å². The molecule has 16 heavy (non-hydrogen) atoms. The van der Waals surface area contributed by atoms with E-state index in [0.717, 1.165) is 37.5 Å². The maximum absolute atomic E-state index is 13.7. The van der Waals surface area contributed by atoms with Crippen LogP contribution in [0.15, 0.2) is 17.5 Å². The van der Waals surface area contributed by atoms with Crippen molar-refractivity contribution in [2.45, 2.75) is 12.3 Å². The summed E-state index contributed by atoms with van der Waals surface area (Å²) in [6.07, 6.45) is -0.0759. The second-order valence-corrected chi connectivity index (χ2v) is 4.97. The Morgan fingerprint density at radius 1 is 1.38 bits per heavy atom. The standard InChI is InChI=1S/C11H16F2N2S/c12-11(13,10-2-1-9-16-10)3-6-15-7-4-14-5-8-15/h1-2,9,14H,3-8H2.